The maximum Gasteiger partial charge on any atom is 0.226 e. The van der Waals surface area contributed by atoms with Gasteiger partial charge in [0.05, 0.1) is 0 Å². The van der Waals surface area contributed by atoms with Gasteiger partial charge in [-0.1, -0.05) is 37.9 Å². The molecule has 0 fully saturated rings. The van der Waals surface area contributed by atoms with Crippen molar-refractivity contribution in [1.82, 2.24) is 4.90 Å². The first-order valence-electron chi connectivity index (χ1n) is 6.60. The molecule has 96 valence electrons. The van der Waals surface area contributed by atoms with Gasteiger partial charge in [-0.3, -0.25) is 4.79 Å². The second kappa shape index (κ2) is 6.79. The summed E-state index contributed by atoms with van der Waals surface area (Å²) in [4.78, 5) is 13.4. The average molecular weight is 251 g/mol. The molecule has 0 aromatic rings. The van der Waals surface area contributed by atoms with Gasteiger partial charge in [0, 0.05) is 27.2 Å². The van der Waals surface area contributed by atoms with Gasteiger partial charge in [0.1, 0.15) is 0 Å². The van der Waals surface area contributed by atoms with Crippen LogP contribution in [0.5, 0.6) is 0 Å². The lowest BCUT2D eigenvalue weighted by Crippen LogP contribution is -2.28. The molecule has 1 amide bonds. The molecule has 0 aliphatic carbocycles. The first kappa shape index (κ1) is 14.2. The Hall–Kier alpha value is -0.833. The third-order valence-corrected chi connectivity index (χ3v) is 4.26. The van der Waals surface area contributed by atoms with E-state index in [1.807, 2.05) is 11.1 Å². The van der Waals surface area contributed by atoms with Crippen LogP contribution in [0.2, 0.25) is 25.7 Å². The number of hydrogen-bond donors (Lipinski definition) is 0. The molecule has 2 nitrogen and oxygen atoms in total. The highest BCUT2D eigenvalue weighted by molar-refractivity contribution is 6.76. The van der Waals surface area contributed by atoms with Crippen LogP contribution in [0.25, 0.3) is 0 Å². The largest absolute Gasteiger partial charge is 0.319 e. The molecule has 0 atom stereocenters. The van der Waals surface area contributed by atoms with E-state index < -0.39 is 8.07 Å². The predicted molar refractivity (Wildman–Crippen MR) is 76.6 cm³/mol. The van der Waals surface area contributed by atoms with Crippen molar-refractivity contribution in [3.8, 4) is 0 Å². The Balaban J connectivity index is 2.14. The number of rotatable bonds is 6. The van der Waals surface area contributed by atoms with E-state index in [-0.39, 0.29) is 5.91 Å². The number of carbonyl (C=O) groups excluding carboxylic acids is 1. The van der Waals surface area contributed by atoms with Crippen LogP contribution < -0.4 is 0 Å². The third kappa shape index (κ3) is 6.47. The van der Waals surface area contributed by atoms with Crippen LogP contribution in [-0.4, -0.2) is 25.4 Å². The van der Waals surface area contributed by atoms with Crippen LogP contribution >= 0.6 is 0 Å². The Morgan fingerprint density at radius 1 is 1.35 bits per heavy atom. The molecule has 0 saturated carbocycles. The fourth-order valence-corrected chi connectivity index (χ4v) is 2.64. The number of allylic oxidation sites excluding steroid dienone is 3. The summed E-state index contributed by atoms with van der Waals surface area (Å²) in [5.41, 5.74) is 0. The van der Waals surface area contributed by atoms with E-state index in [1.54, 1.807) is 0 Å². The summed E-state index contributed by atoms with van der Waals surface area (Å²) in [6, 6.07) is 1.26. The van der Waals surface area contributed by atoms with Crippen LogP contribution in [0.3, 0.4) is 0 Å². The van der Waals surface area contributed by atoms with Crippen LogP contribution in [0.15, 0.2) is 24.4 Å². The van der Waals surface area contributed by atoms with Crippen molar-refractivity contribution in [2.75, 3.05) is 6.54 Å². The summed E-state index contributed by atoms with van der Waals surface area (Å²) in [6.45, 7) is 8.02. The highest BCUT2D eigenvalue weighted by Gasteiger charge is 2.12. The highest BCUT2D eigenvalue weighted by atomic mass is 28.3. The van der Waals surface area contributed by atoms with E-state index in [0.29, 0.717) is 6.42 Å². The van der Waals surface area contributed by atoms with Crippen molar-refractivity contribution in [3.63, 3.8) is 0 Å². The van der Waals surface area contributed by atoms with E-state index >= 15 is 0 Å². The molecule has 0 N–H and O–H groups in total. The fraction of sp³-hybridized carbons (Fsp3) is 0.643. The Morgan fingerprint density at radius 3 is 2.76 bits per heavy atom. The Morgan fingerprint density at radius 2 is 2.12 bits per heavy atom. The Bertz CT molecular complexity index is 302. The third-order valence-electron chi connectivity index (χ3n) is 2.80. The molecule has 0 spiro atoms. The van der Waals surface area contributed by atoms with E-state index in [1.165, 1.54) is 6.04 Å². The summed E-state index contributed by atoms with van der Waals surface area (Å²) in [7, 11) is -0.923. The van der Waals surface area contributed by atoms with Gasteiger partial charge in [-0.05, 0) is 25.3 Å². The number of nitrogens with zero attached hydrogens (tertiary/aromatic N) is 1. The Labute approximate surface area is 106 Å². The SMILES string of the molecule is C[Si](C)(C)CC=CCCCN1C=CCCC1=O. The number of carbonyl (C=O) groups is 1. The molecule has 1 heterocycles. The lowest BCUT2D eigenvalue weighted by molar-refractivity contribution is -0.129. The van der Waals surface area contributed by atoms with E-state index in [2.05, 4.69) is 37.9 Å². The molecule has 0 bridgehead atoms. The number of amides is 1. The predicted octanol–water partition coefficient (Wildman–Crippen LogP) is 3.80. The Kier molecular flexibility index (Phi) is 5.69. The molecule has 1 aliphatic rings. The van der Waals surface area contributed by atoms with Gasteiger partial charge >= 0.3 is 0 Å². The molecule has 17 heavy (non-hydrogen) atoms. The lowest BCUT2D eigenvalue weighted by Gasteiger charge is -2.20. The number of hydrogen-bond acceptors (Lipinski definition) is 1. The highest BCUT2D eigenvalue weighted by Crippen LogP contribution is 2.11. The smallest absolute Gasteiger partial charge is 0.226 e. The molecular formula is C14H25NOSi. The minimum atomic E-state index is -0.923. The van der Waals surface area contributed by atoms with Gasteiger partial charge < -0.3 is 4.90 Å². The molecule has 0 saturated heterocycles. The summed E-state index contributed by atoms with van der Waals surface area (Å²) < 4.78 is 0. The van der Waals surface area contributed by atoms with Crippen molar-refractivity contribution in [2.45, 2.75) is 51.4 Å². The molecule has 0 unspecified atom stereocenters. The maximum atomic E-state index is 11.5. The van der Waals surface area contributed by atoms with Gasteiger partial charge in [-0.2, -0.15) is 0 Å². The minimum Gasteiger partial charge on any atom is -0.319 e. The van der Waals surface area contributed by atoms with E-state index in [0.717, 1.165) is 25.8 Å². The van der Waals surface area contributed by atoms with Crippen LogP contribution in [-0.2, 0) is 4.79 Å². The monoisotopic (exact) mass is 251 g/mol. The molecule has 1 aliphatic heterocycles. The first-order valence-corrected chi connectivity index (χ1v) is 10.3. The second-order valence-electron chi connectivity index (χ2n) is 5.89. The van der Waals surface area contributed by atoms with Crippen molar-refractivity contribution < 1.29 is 4.79 Å². The summed E-state index contributed by atoms with van der Waals surface area (Å²) >= 11 is 0. The summed E-state index contributed by atoms with van der Waals surface area (Å²) in [5.74, 6) is 0.276. The molecular weight excluding hydrogens is 226 g/mol. The second-order valence-corrected chi connectivity index (χ2v) is 11.4. The first-order chi connectivity index (χ1) is 7.99. The van der Waals surface area contributed by atoms with Crippen molar-refractivity contribution >= 4 is 14.0 Å². The standard InChI is InChI=1S/C14H25NOSi/c1-17(2,3)13-9-5-4-7-11-15-12-8-6-10-14(15)16/h5,8-9,12H,4,6-7,10-11,13H2,1-3H3. The molecule has 3 heteroatoms. The van der Waals surface area contributed by atoms with Gasteiger partial charge in [0.25, 0.3) is 0 Å². The quantitative estimate of drug-likeness (QED) is 0.399. The zero-order chi connectivity index (χ0) is 12.7. The fourth-order valence-electron chi connectivity index (χ4n) is 1.77. The van der Waals surface area contributed by atoms with Crippen molar-refractivity contribution in [2.24, 2.45) is 0 Å². The number of unbranched alkanes of at least 4 members (excludes halogenated alkanes) is 1. The zero-order valence-corrected chi connectivity index (χ0v) is 12.4. The normalized spacial score (nSPS) is 17.1. The van der Waals surface area contributed by atoms with E-state index in [4.69, 9.17) is 0 Å². The molecule has 0 radical (unpaired) electrons. The molecule has 0 aromatic carbocycles. The minimum absolute atomic E-state index is 0.276. The topological polar surface area (TPSA) is 20.3 Å². The zero-order valence-electron chi connectivity index (χ0n) is 11.4. The van der Waals surface area contributed by atoms with Gasteiger partial charge in [0.15, 0.2) is 0 Å². The van der Waals surface area contributed by atoms with Crippen LogP contribution in [0.1, 0.15) is 25.7 Å². The van der Waals surface area contributed by atoms with Crippen LogP contribution in [0.4, 0.5) is 0 Å². The van der Waals surface area contributed by atoms with Crippen molar-refractivity contribution in [3.05, 3.63) is 24.4 Å². The maximum absolute atomic E-state index is 11.5. The van der Waals surface area contributed by atoms with Crippen molar-refractivity contribution in [1.29, 1.82) is 0 Å². The average Bonchev–Trinajstić information content (AvgIpc) is 2.24. The van der Waals surface area contributed by atoms with E-state index in [9.17, 15) is 4.79 Å². The van der Waals surface area contributed by atoms with Gasteiger partial charge in [-0.15, -0.1) is 0 Å². The van der Waals surface area contributed by atoms with Gasteiger partial charge in [-0.25, -0.2) is 0 Å². The lowest BCUT2D eigenvalue weighted by atomic mass is 10.2. The summed E-state index contributed by atoms with van der Waals surface area (Å²) in [6.07, 6.45) is 12.4. The molecule has 1 rings (SSSR count). The summed E-state index contributed by atoms with van der Waals surface area (Å²) in [5, 5.41) is 0. The van der Waals surface area contributed by atoms with Gasteiger partial charge in [0.2, 0.25) is 5.91 Å². The van der Waals surface area contributed by atoms with Crippen LogP contribution in [0, 0.1) is 0 Å². The molecule has 0 aromatic heterocycles.